The van der Waals surface area contributed by atoms with Crippen LogP contribution < -0.4 is 4.74 Å². The van der Waals surface area contributed by atoms with E-state index in [0.29, 0.717) is 12.4 Å². The quantitative estimate of drug-likeness (QED) is 0.444. The molecule has 6 heteroatoms. The highest BCUT2D eigenvalue weighted by molar-refractivity contribution is 5.76. The smallest absolute Gasteiger partial charge is 0.416 e. The number of benzene rings is 3. The highest BCUT2D eigenvalue weighted by atomic mass is 19.4. The van der Waals surface area contributed by atoms with Crippen LogP contribution in [0.2, 0.25) is 0 Å². The summed E-state index contributed by atoms with van der Waals surface area (Å²) in [6, 6.07) is 22.3. The van der Waals surface area contributed by atoms with E-state index in [9.17, 15) is 13.2 Å². The first-order valence-electron chi connectivity index (χ1n) is 8.79. The molecule has 0 amide bonds. The van der Waals surface area contributed by atoms with E-state index in [1.165, 1.54) is 12.1 Å². The van der Waals surface area contributed by atoms with Gasteiger partial charge in [0.2, 0.25) is 0 Å². The largest absolute Gasteiger partial charge is 0.486 e. The summed E-state index contributed by atoms with van der Waals surface area (Å²) in [6.07, 6.45) is -4.34. The van der Waals surface area contributed by atoms with Gasteiger partial charge in [-0.3, -0.25) is 0 Å². The van der Waals surface area contributed by atoms with Gasteiger partial charge in [0.15, 0.2) is 0 Å². The maximum atomic E-state index is 12.8. The minimum atomic E-state index is -4.34. The molecule has 4 aromatic rings. The molecule has 3 aromatic carbocycles. The van der Waals surface area contributed by atoms with Crippen LogP contribution in [-0.2, 0) is 19.3 Å². The fourth-order valence-electron chi connectivity index (χ4n) is 3.06. The van der Waals surface area contributed by atoms with Crippen molar-refractivity contribution in [1.82, 2.24) is 9.55 Å². The molecule has 0 atom stereocenters. The van der Waals surface area contributed by atoms with Crippen LogP contribution in [0.3, 0.4) is 0 Å². The number of ether oxygens (including phenoxy) is 1. The molecule has 0 aliphatic carbocycles. The van der Waals surface area contributed by atoms with E-state index in [1.807, 2.05) is 59.2 Å². The molecule has 0 fully saturated rings. The minimum Gasteiger partial charge on any atom is -0.486 e. The highest BCUT2D eigenvalue weighted by Crippen LogP contribution is 2.29. The summed E-state index contributed by atoms with van der Waals surface area (Å²) in [5.74, 6) is 1.44. The monoisotopic (exact) mass is 382 g/mol. The zero-order chi connectivity index (χ0) is 19.6. The molecule has 0 bridgehead atoms. The standard InChI is InChI=1S/C22H17F3N2O/c23-22(24,25)17-12-10-16(11-13-17)14-27-20-9-5-4-8-19(20)26-21(27)15-28-18-6-2-1-3-7-18/h1-13H,14-15H2. The van der Waals surface area contributed by atoms with Gasteiger partial charge in [-0.15, -0.1) is 0 Å². The molecule has 142 valence electrons. The highest BCUT2D eigenvalue weighted by Gasteiger charge is 2.29. The summed E-state index contributed by atoms with van der Waals surface area (Å²) in [4.78, 5) is 4.64. The number of hydrogen-bond donors (Lipinski definition) is 0. The van der Waals surface area contributed by atoms with Gasteiger partial charge >= 0.3 is 6.18 Å². The fraction of sp³-hybridized carbons (Fsp3) is 0.136. The van der Waals surface area contributed by atoms with Gasteiger partial charge in [-0.05, 0) is 42.0 Å². The Balaban J connectivity index is 1.63. The lowest BCUT2D eigenvalue weighted by Gasteiger charge is -2.12. The molecule has 0 saturated carbocycles. The van der Waals surface area contributed by atoms with Crippen molar-refractivity contribution in [1.29, 1.82) is 0 Å². The number of para-hydroxylation sites is 3. The zero-order valence-corrected chi connectivity index (χ0v) is 14.9. The number of aromatic nitrogens is 2. The Morgan fingerprint density at radius 1 is 0.821 bits per heavy atom. The van der Waals surface area contributed by atoms with E-state index in [-0.39, 0.29) is 6.61 Å². The second kappa shape index (κ2) is 7.38. The SMILES string of the molecule is FC(F)(F)c1ccc(Cn2c(COc3ccccc3)nc3ccccc32)cc1. The molecule has 0 saturated heterocycles. The summed E-state index contributed by atoms with van der Waals surface area (Å²) in [6.45, 7) is 0.672. The van der Waals surface area contributed by atoms with Crippen molar-refractivity contribution < 1.29 is 17.9 Å². The van der Waals surface area contributed by atoms with E-state index in [0.717, 1.165) is 34.5 Å². The maximum absolute atomic E-state index is 12.8. The van der Waals surface area contributed by atoms with E-state index in [2.05, 4.69) is 4.98 Å². The molecule has 1 aromatic heterocycles. The van der Waals surface area contributed by atoms with Crippen molar-refractivity contribution in [2.45, 2.75) is 19.3 Å². The van der Waals surface area contributed by atoms with Crippen molar-refractivity contribution in [2.24, 2.45) is 0 Å². The normalized spacial score (nSPS) is 11.7. The second-order valence-electron chi connectivity index (χ2n) is 6.40. The predicted molar refractivity (Wildman–Crippen MR) is 101 cm³/mol. The summed E-state index contributed by atoms with van der Waals surface area (Å²) in [5, 5.41) is 0. The van der Waals surface area contributed by atoms with Crippen molar-refractivity contribution in [3.8, 4) is 5.75 Å². The van der Waals surface area contributed by atoms with Gasteiger partial charge in [-0.1, -0.05) is 42.5 Å². The van der Waals surface area contributed by atoms with Gasteiger partial charge in [-0.2, -0.15) is 13.2 Å². The number of hydrogen-bond acceptors (Lipinski definition) is 2. The Hall–Kier alpha value is -3.28. The third-order valence-electron chi connectivity index (χ3n) is 4.47. The number of rotatable bonds is 5. The number of nitrogens with zero attached hydrogens (tertiary/aromatic N) is 2. The molecule has 0 unspecified atom stereocenters. The summed E-state index contributed by atoms with van der Waals surface area (Å²) < 4.78 is 46.2. The average molecular weight is 382 g/mol. The van der Waals surface area contributed by atoms with Crippen molar-refractivity contribution in [3.63, 3.8) is 0 Å². The lowest BCUT2D eigenvalue weighted by atomic mass is 10.1. The van der Waals surface area contributed by atoms with Crippen molar-refractivity contribution >= 4 is 11.0 Å². The van der Waals surface area contributed by atoms with Crippen LogP contribution >= 0.6 is 0 Å². The van der Waals surface area contributed by atoms with E-state index >= 15 is 0 Å². The molecule has 1 heterocycles. The van der Waals surface area contributed by atoms with Crippen LogP contribution in [0.25, 0.3) is 11.0 Å². The topological polar surface area (TPSA) is 27.1 Å². The average Bonchev–Trinajstić information content (AvgIpc) is 3.04. The molecular weight excluding hydrogens is 365 g/mol. The molecule has 4 rings (SSSR count). The van der Waals surface area contributed by atoms with Crippen LogP contribution in [0.4, 0.5) is 13.2 Å². The number of alkyl halides is 3. The van der Waals surface area contributed by atoms with Crippen molar-refractivity contribution in [3.05, 3.63) is 95.8 Å². The Kier molecular flexibility index (Phi) is 4.77. The third kappa shape index (κ3) is 3.86. The van der Waals surface area contributed by atoms with Crippen molar-refractivity contribution in [2.75, 3.05) is 0 Å². The van der Waals surface area contributed by atoms with Crippen LogP contribution in [-0.4, -0.2) is 9.55 Å². The molecule has 0 spiro atoms. The number of fused-ring (bicyclic) bond motifs is 1. The Labute approximate surface area is 160 Å². The molecule has 0 N–H and O–H groups in total. The van der Waals surface area contributed by atoms with E-state index in [4.69, 9.17) is 4.74 Å². The zero-order valence-electron chi connectivity index (χ0n) is 14.9. The first kappa shape index (κ1) is 18.1. The van der Waals surface area contributed by atoms with Gasteiger partial charge in [0.1, 0.15) is 18.2 Å². The predicted octanol–water partition coefficient (Wildman–Crippen LogP) is 5.68. The van der Waals surface area contributed by atoms with Crippen LogP contribution in [0.1, 0.15) is 17.0 Å². The first-order chi connectivity index (χ1) is 13.5. The lowest BCUT2D eigenvalue weighted by Crippen LogP contribution is -2.09. The lowest BCUT2D eigenvalue weighted by molar-refractivity contribution is -0.137. The minimum absolute atomic E-state index is 0.263. The van der Waals surface area contributed by atoms with Crippen LogP contribution in [0.5, 0.6) is 5.75 Å². The molecule has 28 heavy (non-hydrogen) atoms. The molecule has 0 aliphatic rings. The fourth-order valence-corrected chi connectivity index (χ4v) is 3.06. The van der Waals surface area contributed by atoms with Gasteiger partial charge < -0.3 is 9.30 Å². The Morgan fingerprint density at radius 3 is 2.21 bits per heavy atom. The summed E-state index contributed by atoms with van der Waals surface area (Å²) >= 11 is 0. The van der Waals surface area contributed by atoms with Gasteiger partial charge in [0.05, 0.1) is 16.6 Å². The Bertz CT molecular complexity index is 1070. The van der Waals surface area contributed by atoms with E-state index < -0.39 is 11.7 Å². The molecular formula is C22H17F3N2O. The van der Waals surface area contributed by atoms with Crippen LogP contribution in [0.15, 0.2) is 78.9 Å². The Morgan fingerprint density at radius 2 is 1.50 bits per heavy atom. The van der Waals surface area contributed by atoms with Gasteiger partial charge in [-0.25, -0.2) is 4.98 Å². The van der Waals surface area contributed by atoms with Crippen LogP contribution in [0, 0.1) is 0 Å². The van der Waals surface area contributed by atoms with Gasteiger partial charge in [0.25, 0.3) is 0 Å². The molecule has 0 radical (unpaired) electrons. The van der Waals surface area contributed by atoms with E-state index in [1.54, 1.807) is 0 Å². The molecule has 3 nitrogen and oxygen atoms in total. The first-order valence-corrected chi connectivity index (χ1v) is 8.79. The summed E-state index contributed by atoms with van der Waals surface area (Å²) in [5.41, 5.74) is 1.84. The van der Waals surface area contributed by atoms with Gasteiger partial charge in [0, 0.05) is 6.54 Å². The maximum Gasteiger partial charge on any atom is 0.416 e. The molecule has 0 aliphatic heterocycles. The summed E-state index contributed by atoms with van der Waals surface area (Å²) in [7, 11) is 0. The number of halogens is 3. The third-order valence-corrected chi connectivity index (χ3v) is 4.47. The second-order valence-corrected chi connectivity index (χ2v) is 6.40. The number of imidazole rings is 1.